The van der Waals surface area contributed by atoms with E-state index in [4.69, 9.17) is 45.0 Å². The molecule has 4 heterocycles. The maximum absolute atomic E-state index is 13.2. The van der Waals surface area contributed by atoms with Gasteiger partial charge < -0.3 is 5.11 Å². The third kappa shape index (κ3) is 5.57. The van der Waals surface area contributed by atoms with Gasteiger partial charge in [0.2, 0.25) is 0 Å². The molecular weight excluding hydrogens is 652 g/mol. The highest BCUT2D eigenvalue weighted by atomic mass is 35.5. The zero-order chi connectivity index (χ0) is 32.6. The lowest BCUT2D eigenvalue weighted by atomic mass is 10.2. The van der Waals surface area contributed by atoms with Gasteiger partial charge in [-0.2, -0.15) is 14.4 Å². The van der Waals surface area contributed by atoms with Gasteiger partial charge in [0.25, 0.3) is 0 Å². The molecule has 8 aromatic rings. The third-order valence-corrected chi connectivity index (χ3v) is 8.68. The quantitative estimate of drug-likeness (QED) is 0.175. The minimum Gasteiger partial charge on any atom is -0.384 e. The highest BCUT2D eigenvalue weighted by Gasteiger charge is 2.28. The molecule has 0 fully saturated rings. The molecule has 14 heteroatoms. The van der Waals surface area contributed by atoms with Gasteiger partial charge in [-0.3, -0.25) is 8.37 Å². The lowest BCUT2D eigenvalue weighted by Gasteiger charge is -2.13. The molecule has 0 aliphatic rings. The average Bonchev–Trinajstić information content (AvgIpc) is 3.70. The van der Waals surface area contributed by atoms with Crippen molar-refractivity contribution in [2.45, 2.75) is 12.2 Å². The van der Waals surface area contributed by atoms with Crippen LogP contribution in [-0.4, -0.2) is 61.3 Å². The number of benzene rings is 4. The van der Waals surface area contributed by atoms with E-state index in [-0.39, 0.29) is 11.6 Å². The van der Waals surface area contributed by atoms with Gasteiger partial charge >= 0.3 is 11.4 Å². The summed E-state index contributed by atoms with van der Waals surface area (Å²) in [5, 5.41) is 20.7. The highest BCUT2D eigenvalue weighted by molar-refractivity contribution is 7.75. The van der Waals surface area contributed by atoms with E-state index in [9.17, 15) is 9.32 Å². The SMILES string of the molecule is O=S(OCC(O)c1nn(-c2ccccc2)c2nc3ccccc3nc12)OC(CCl)c1nn(-c2ccccc2)c2nc3ccccc3nc12. The Balaban J connectivity index is 1.08. The van der Waals surface area contributed by atoms with Crippen molar-refractivity contribution in [3.63, 3.8) is 0 Å². The van der Waals surface area contributed by atoms with Crippen LogP contribution in [0.2, 0.25) is 0 Å². The Labute approximate surface area is 280 Å². The molecule has 0 spiro atoms. The summed E-state index contributed by atoms with van der Waals surface area (Å²) in [5.41, 5.74) is 6.51. The van der Waals surface area contributed by atoms with Crippen LogP contribution < -0.4 is 0 Å². The number of aromatic nitrogens is 8. The summed E-state index contributed by atoms with van der Waals surface area (Å²) in [6, 6.07) is 33.8. The third-order valence-electron chi connectivity index (χ3n) is 7.69. The van der Waals surface area contributed by atoms with Crippen molar-refractivity contribution in [1.82, 2.24) is 39.5 Å². The number of fused-ring (bicyclic) bond motifs is 4. The van der Waals surface area contributed by atoms with Crippen LogP contribution in [0.4, 0.5) is 0 Å². The largest absolute Gasteiger partial charge is 0.384 e. The monoisotopic (exact) mass is 676 g/mol. The molecule has 4 aromatic heterocycles. The predicted octanol–water partition coefficient (Wildman–Crippen LogP) is 5.88. The van der Waals surface area contributed by atoms with E-state index >= 15 is 0 Å². The van der Waals surface area contributed by atoms with E-state index in [0.29, 0.717) is 50.1 Å². The number of aliphatic hydroxyl groups excluding tert-OH is 1. The number of para-hydroxylation sites is 6. The van der Waals surface area contributed by atoms with Gasteiger partial charge in [0.15, 0.2) is 11.3 Å². The molecule has 3 atom stereocenters. The van der Waals surface area contributed by atoms with Crippen LogP contribution in [0.15, 0.2) is 109 Å². The molecule has 0 radical (unpaired) electrons. The van der Waals surface area contributed by atoms with Crippen LogP contribution in [0.3, 0.4) is 0 Å². The Morgan fingerprint density at radius 3 is 1.58 bits per heavy atom. The van der Waals surface area contributed by atoms with Crippen LogP contribution >= 0.6 is 11.6 Å². The summed E-state index contributed by atoms with van der Waals surface area (Å²) in [7, 11) is 0. The lowest BCUT2D eigenvalue weighted by molar-refractivity contribution is 0.0970. The van der Waals surface area contributed by atoms with Crippen molar-refractivity contribution in [2.75, 3.05) is 12.5 Å². The number of nitrogens with zero attached hydrogens (tertiary/aromatic N) is 8. The van der Waals surface area contributed by atoms with Crippen molar-refractivity contribution < 1.29 is 17.7 Å². The van der Waals surface area contributed by atoms with E-state index in [1.165, 1.54) is 0 Å². The maximum atomic E-state index is 13.2. The van der Waals surface area contributed by atoms with Gasteiger partial charge in [0.05, 0.1) is 45.9 Å². The summed E-state index contributed by atoms with van der Waals surface area (Å²) in [6.45, 7) is -0.416. The highest BCUT2D eigenvalue weighted by Crippen LogP contribution is 2.30. The normalized spacial score (nSPS) is 13.8. The van der Waals surface area contributed by atoms with Crippen LogP contribution in [-0.2, 0) is 19.7 Å². The number of halogens is 1. The van der Waals surface area contributed by atoms with Gasteiger partial charge in [-0.25, -0.2) is 29.3 Å². The molecule has 12 nitrogen and oxygen atoms in total. The molecule has 4 aromatic carbocycles. The molecule has 3 unspecified atom stereocenters. The summed E-state index contributed by atoms with van der Waals surface area (Å²) < 4.78 is 27.7. The molecule has 0 aliphatic heterocycles. The van der Waals surface area contributed by atoms with Crippen LogP contribution in [0.5, 0.6) is 0 Å². The van der Waals surface area contributed by atoms with Gasteiger partial charge in [0.1, 0.15) is 34.6 Å². The molecule has 48 heavy (non-hydrogen) atoms. The van der Waals surface area contributed by atoms with Crippen molar-refractivity contribution in [1.29, 1.82) is 0 Å². The molecule has 238 valence electrons. The Kier molecular flexibility index (Phi) is 8.04. The zero-order valence-corrected chi connectivity index (χ0v) is 26.6. The minimum atomic E-state index is -2.35. The number of hydrogen-bond acceptors (Lipinski definition) is 10. The molecule has 0 aliphatic carbocycles. The molecule has 0 saturated heterocycles. The first kappa shape index (κ1) is 30.2. The van der Waals surface area contributed by atoms with E-state index in [1.54, 1.807) is 9.36 Å². The fourth-order valence-corrected chi connectivity index (χ4v) is 6.36. The standard InChI is InChI=1S/C34H25ClN8O4S/c35-19-28(30-32-34(39-26-18-10-8-16-24(26)37-32)43(41-30)22-13-5-2-6-14-22)47-48(45)46-20-27(44)29-31-33(38-25-17-9-7-15-23(25)36-31)42(40-29)21-11-3-1-4-12-21/h1-18,27-28,44H,19-20H2. The molecular formula is C34H25ClN8O4S. The van der Waals surface area contributed by atoms with Gasteiger partial charge in [-0.05, 0) is 48.5 Å². The first-order chi connectivity index (χ1) is 23.6. The minimum absolute atomic E-state index is 0.109. The summed E-state index contributed by atoms with van der Waals surface area (Å²) in [5.74, 6) is -0.109. The summed E-state index contributed by atoms with van der Waals surface area (Å²) >= 11 is 4.02. The second kappa shape index (κ2) is 12.8. The Bertz CT molecular complexity index is 2440. The number of rotatable bonds is 10. The second-order valence-electron chi connectivity index (χ2n) is 10.8. The predicted molar refractivity (Wildman–Crippen MR) is 182 cm³/mol. The summed E-state index contributed by atoms with van der Waals surface area (Å²) in [6.07, 6.45) is -2.30. The zero-order valence-electron chi connectivity index (χ0n) is 25.0. The molecule has 0 bridgehead atoms. The number of hydrogen-bond donors (Lipinski definition) is 1. The van der Waals surface area contributed by atoms with E-state index in [0.717, 1.165) is 11.4 Å². The molecule has 8 rings (SSSR count). The fourth-order valence-electron chi connectivity index (χ4n) is 5.43. The van der Waals surface area contributed by atoms with Gasteiger partial charge in [-0.15, -0.1) is 11.6 Å². The first-order valence-electron chi connectivity index (χ1n) is 15.0. The van der Waals surface area contributed by atoms with E-state index in [1.807, 2.05) is 109 Å². The van der Waals surface area contributed by atoms with Gasteiger partial charge in [0, 0.05) is 0 Å². The average molecular weight is 677 g/mol. The topological polar surface area (TPSA) is 143 Å². The second-order valence-corrected chi connectivity index (χ2v) is 11.9. The number of alkyl halides is 1. The van der Waals surface area contributed by atoms with Crippen molar-refractivity contribution >= 4 is 67.4 Å². The molecule has 0 saturated carbocycles. The fraction of sp³-hybridized carbons (Fsp3) is 0.118. The van der Waals surface area contributed by atoms with E-state index in [2.05, 4.69) is 5.10 Å². The van der Waals surface area contributed by atoms with Crippen LogP contribution in [0, 0.1) is 0 Å². The Morgan fingerprint density at radius 1 is 0.646 bits per heavy atom. The molecule has 1 N–H and O–H groups in total. The van der Waals surface area contributed by atoms with Crippen LogP contribution in [0.25, 0.3) is 55.8 Å². The lowest BCUT2D eigenvalue weighted by Crippen LogP contribution is -2.15. The van der Waals surface area contributed by atoms with Crippen molar-refractivity contribution in [2.24, 2.45) is 0 Å². The Morgan fingerprint density at radius 2 is 1.08 bits per heavy atom. The van der Waals surface area contributed by atoms with E-state index < -0.39 is 30.2 Å². The van der Waals surface area contributed by atoms with Gasteiger partial charge in [-0.1, -0.05) is 60.7 Å². The van der Waals surface area contributed by atoms with Crippen molar-refractivity contribution in [3.8, 4) is 11.4 Å². The first-order valence-corrected chi connectivity index (χ1v) is 16.5. The smallest absolute Gasteiger partial charge is 0.305 e. The Hall–Kier alpha value is -5.18. The summed E-state index contributed by atoms with van der Waals surface area (Å²) in [4.78, 5) is 19.1. The maximum Gasteiger partial charge on any atom is 0.305 e. The van der Waals surface area contributed by atoms with Crippen LogP contribution in [0.1, 0.15) is 23.6 Å². The number of aliphatic hydroxyl groups is 1. The molecule has 0 amide bonds. The van der Waals surface area contributed by atoms with Crippen molar-refractivity contribution in [3.05, 3.63) is 121 Å².